The van der Waals surface area contributed by atoms with Gasteiger partial charge in [-0.15, -0.1) is 0 Å². The molecule has 3 heteroatoms. The van der Waals surface area contributed by atoms with Crippen LogP contribution in [-0.2, 0) is 12.8 Å². The van der Waals surface area contributed by atoms with Crippen LogP contribution in [0.4, 0.5) is 4.39 Å². The molecule has 21 heavy (non-hydrogen) atoms. The van der Waals surface area contributed by atoms with E-state index in [9.17, 15) is 4.39 Å². The second-order valence-corrected chi connectivity index (χ2v) is 6.13. The Kier molecular flexibility index (Phi) is 2.79. The first-order valence-corrected chi connectivity index (χ1v) is 7.42. The van der Waals surface area contributed by atoms with Crippen LogP contribution in [0.5, 0.6) is 5.75 Å². The van der Waals surface area contributed by atoms with Gasteiger partial charge in [0, 0.05) is 36.9 Å². The molecule has 1 atom stereocenters. The molecule has 1 N–H and O–H groups in total. The van der Waals surface area contributed by atoms with Crippen LogP contribution in [0.15, 0.2) is 42.5 Å². The number of hydrogen-bond acceptors (Lipinski definition) is 2. The maximum absolute atomic E-state index is 13.6. The SMILES string of the molecule is CNC1CC2(Cc3ccccc3C2)Oc2cc(F)ccc21. The first-order valence-electron chi connectivity index (χ1n) is 7.42. The largest absolute Gasteiger partial charge is 0.486 e. The fourth-order valence-electron chi connectivity index (χ4n) is 3.77. The Hall–Kier alpha value is -1.87. The van der Waals surface area contributed by atoms with Crippen molar-refractivity contribution >= 4 is 0 Å². The van der Waals surface area contributed by atoms with E-state index in [1.807, 2.05) is 13.1 Å². The molecular formula is C18H18FNO. The molecule has 2 aliphatic rings. The Morgan fingerprint density at radius 3 is 2.52 bits per heavy atom. The molecule has 2 aromatic carbocycles. The summed E-state index contributed by atoms with van der Waals surface area (Å²) in [5.74, 6) is 0.449. The zero-order valence-electron chi connectivity index (χ0n) is 12.0. The molecule has 1 spiro atoms. The second-order valence-electron chi connectivity index (χ2n) is 6.13. The number of fused-ring (bicyclic) bond motifs is 2. The van der Waals surface area contributed by atoms with Crippen LogP contribution in [-0.4, -0.2) is 12.6 Å². The maximum Gasteiger partial charge on any atom is 0.127 e. The monoisotopic (exact) mass is 283 g/mol. The van der Waals surface area contributed by atoms with Crippen molar-refractivity contribution in [3.63, 3.8) is 0 Å². The maximum atomic E-state index is 13.6. The molecule has 2 aromatic rings. The zero-order valence-corrected chi connectivity index (χ0v) is 12.0. The number of benzene rings is 2. The molecule has 4 rings (SSSR count). The summed E-state index contributed by atoms with van der Waals surface area (Å²) < 4.78 is 19.9. The Bertz CT molecular complexity index is 672. The van der Waals surface area contributed by atoms with Gasteiger partial charge in [-0.2, -0.15) is 0 Å². The summed E-state index contributed by atoms with van der Waals surface area (Å²) in [4.78, 5) is 0. The molecule has 0 bridgehead atoms. The van der Waals surface area contributed by atoms with E-state index in [-0.39, 0.29) is 17.5 Å². The highest BCUT2D eigenvalue weighted by atomic mass is 19.1. The lowest BCUT2D eigenvalue weighted by atomic mass is 9.85. The van der Waals surface area contributed by atoms with Crippen molar-refractivity contribution in [3.8, 4) is 5.75 Å². The first-order chi connectivity index (χ1) is 10.2. The lowest BCUT2D eigenvalue weighted by molar-refractivity contribution is 0.0408. The van der Waals surface area contributed by atoms with E-state index in [2.05, 4.69) is 29.6 Å². The standard InChI is InChI=1S/C18H18FNO/c1-20-16-11-18(9-12-4-2-3-5-13(12)10-18)21-17-8-14(19)6-7-15(16)17/h2-8,16,20H,9-11H2,1H3. The highest BCUT2D eigenvalue weighted by Gasteiger charge is 2.44. The lowest BCUT2D eigenvalue weighted by Gasteiger charge is -2.40. The van der Waals surface area contributed by atoms with Crippen molar-refractivity contribution in [2.24, 2.45) is 0 Å². The van der Waals surface area contributed by atoms with Crippen LogP contribution in [0, 0.1) is 5.82 Å². The molecule has 1 aliphatic heterocycles. The van der Waals surface area contributed by atoms with Crippen LogP contribution in [0.25, 0.3) is 0 Å². The lowest BCUT2D eigenvalue weighted by Crippen LogP contribution is -2.44. The molecule has 0 fully saturated rings. The van der Waals surface area contributed by atoms with Crippen LogP contribution in [0.1, 0.15) is 29.2 Å². The van der Waals surface area contributed by atoms with Crippen LogP contribution in [0.2, 0.25) is 0 Å². The Labute approximate surface area is 123 Å². The third-order valence-electron chi connectivity index (χ3n) is 4.75. The molecule has 1 aliphatic carbocycles. The highest BCUT2D eigenvalue weighted by Crippen LogP contribution is 2.46. The molecule has 0 aromatic heterocycles. The molecule has 2 nitrogen and oxygen atoms in total. The summed E-state index contributed by atoms with van der Waals surface area (Å²) >= 11 is 0. The zero-order chi connectivity index (χ0) is 14.4. The Morgan fingerprint density at radius 2 is 1.86 bits per heavy atom. The van der Waals surface area contributed by atoms with Gasteiger partial charge in [0.05, 0.1) is 0 Å². The minimum atomic E-state index is -0.240. The van der Waals surface area contributed by atoms with Gasteiger partial charge in [-0.05, 0) is 24.2 Å². The summed E-state index contributed by atoms with van der Waals surface area (Å²) in [6.07, 6.45) is 2.71. The van der Waals surface area contributed by atoms with Gasteiger partial charge < -0.3 is 10.1 Å². The minimum absolute atomic E-state index is 0.212. The van der Waals surface area contributed by atoms with E-state index >= 15 is 0 Å². The smallest absolute Gasteiger partial charge is 0.127 e. The van der Waals surface area contributed by atoms with Gasteiger partial charge in [-0.1, -0.05) is 30.3 Å². The van der Waals surface area contributed by atoms with Gasteiger partial charge in [0.1, 0.15) is 17.2 Å². The topological polar surface area (TPSA) is 21.3 Å². The molecule has 1 unspecified atom stereocenters. The van der Waals surface area contributed by atoms with E-state index in [1.165, 1.54) is 23.3 Å². The van der Waals surface area contributed by atoms with E-state index in [1.54, 1.807) is 0 Å². The molecule has 0 saturated carbocycles. The summed E-state index contributed by atoms with van der Waals surface area (Å²) in [6.45, 7) is 0. The number of nitrogens with one attached hydrogen (secondary N) is 1. The summed E-state index contributed by atoms with van der Waals surface area (Å²) in [7, 11) is 1.96. The summed E-state index contributed by atoms with van der Waals surface area (Å²) in [5.41, 5.74) is 3.53. The van der Waals surface area contributed by atoms with E-state index in [4.69, 9.17) is 4.74 Å². The van der Waals surface area contributed by atoms with Crippen molar-refractivity contribution < 1.29 is 9.13 Å². The van der Waals surface area contributed by atoms with Gasteiger partial charge in [0.25, 0.3) is 0 Å². The predicted molar refractivity (Wildman–Crippen MR) is 80.0 cm³/mol. The van der Waals surface area contributed by atoms with Crippen molar-refractivity contribution in [2.45, 2.75) is 30.9 Å². The normalized spacial score (nSPS) is 21.7. The quantitative estimate of drug-likeness (QED) is 0.866. The Balaban J connectivity index is 1.74. The third-order valence-corrected chi connectivity index (χ3v) is 4.75. The van der Waals surface area contributed by atoms with Gasteiger partial charge >= 0.3 is 0 Å². The molecule has 1 heterocycles. The van der Waals surface area contributed by atoms with Crippen molar-refractivity contribution in [1.82, 2.24) is 5.32 Å². The van der Waals surface area contributed by atoms with Gasteiger partial charge in [0.15, 0.2) is 0 Å². The Morgan fingerprint density at radius 1 is 1.14 bits per heavy atom. The fourth-order valence-corrected chi connectivity index (χ4v) is 3.77. The van der Waals surface area contributed by atoms with Crippen molar-refractivity contribution in [2.75, 3.05) is 7.05 Å². The number of hydrogen-bond donors (Lipinski definition) is 1. The van der Waals surface area contributed by atoms with E-state index < -0.39 is 0 Å². The molecule has 0 radical (unpaired) electrons. The average Bonchev–Trinajstić information content (AvgIpc) is 2.82. The first kappa shape index (κ1) is 12.8. The second kappa shape index (κ2) is 4.57. The predicted octanol–water partition coefficient (Wildman–Crippen LogP) is 3.41. The highest BCUT2D eigenvalue weighted by molar-refractivity contribution is 5.43. The van der Waals surface area contributed by atoms with E-state index in [0.717, 1.165) is 24.8 Å². The van der Waals surface area contributed by atoms with Gasteiger partial charge in [-0.3, -0.25) is 0 Å². The van der Waals surface area contributed by atoms with Crippen LogP contribution in [0.3, 0.4) is 0 Å². The van der Waals surface area contributed by atoms with Crippen LogP contribution >= 0.6 is 0 Å². The van der Waals surface area contributed by atoms with E-state index in [0.29, 0.717) is 5.75 Å². The number of rotatable bonds is 1. The summed E-state index contributed by atoms with van der Waals surface area (Å²) in [6, 6.07) is 13.6. The molecule has 0 amide bonds. The van der Waals surface area contributed by atoms with Gasteiger partial charge in [0.2, 0.25) is 0 Å². The third kappa shape index (κ3) is 2.04. The summed E-state index contributed by atoms with van der Waals surface area (Å²) in [5, 5.41) is 3.36. The van der Waals surface area contributed by atoms with Crippen molar-refractivity contribution in [1.29, 1.82) is 0 Å². The van der Waals surface area contributed by atoms with Crippen LogP contribution < -0.4 is 10.1 Å². The van der Waals surface area contributed by atoms with Gasteiger partial charge in [-0.25, -0.2) is 4.39 Å². The number of halogens is 1. The number of ether oxygens (including phenoxy) is 1. The molecule has 108 valence electrons. The minimum Gasteiger partial charge on any atom is -0.486 e. The van der Waals surface area contributed by atoms with Crippen molar-refractivity contribution in [3.05, 3.63) is 65.0 Å². The fraction of sp³-hybridized carbons (Fsp3) is 0.333. The molecular weight excluding hydrogens is 265 g/mol. The average molecular weight is 283 g/mol. The molecule has 0 saturated heterocycles.